The minimum atomic E-state index is 0.668. The van der Waals surface area contributed by atoms with Crippen LogP contribution in [-0.4, -0.2) is 14.5 Å². The lowest BCUT2D eigenvalue weighted by Gasteiger charge is -2.11. The third-order valence-corrected chi connectivity index (χ3v) is 6.23. The largest absolute Gasteiger partial charge is 0.278 e. The second-order valence-electron chi connectivity index (χ2n) is 7.68. The van der Waals surface area contributed by atoms with Crippen molar-refractivity contribution >= 4 is 37.7 Å². The van der Waals surface area contributed by atoms with Crippen LogP contribution in [0.15, 0.2) is 114 Å². The molecule has 0 bridgehead atoms. The maximum Gasteiger partial charge on any atom is 0.235 e. The lowest BCUT2D eigenvalue weighted by atomic mass is 10.1. The Morgan fingerprint density at radius 1 is 0.531 bits per heavy atom. The average molecular weight is 476 g/mol. The Morgan fingerprint density at radius 2 is 1.03 bits per heavy atom. The minimum Gasteiger partial charge on any atom is -0.278 e. The lowest BCUT2D eigenvalue weighted by Crippen LogP contribution is -2.03. The van der Waals surface area contributed by atoms with Gasteiger partial charge in [-0.3, -0.25) is 4.57 Å². The molecule has 0 aliphatic rings. The standard InChI is InChI=1S/C28H18BrN3/c29-21-16-14-20(15-17-21)25-18-24(19-8-2-1-3-9-19)30-28(31-25)32-26-12-6-4-10-22(26)23-11-5-7-13-27(23)32/h1-18H. The number of nitrogens with zero attached hydrogens (tertiary/aromatic N) is 3. The van der Waals surface area contributed by atoms with Gasteiger partial charge in [0.25, 0.3) is 0 Å². The van der Waals surface area contributed by atoms with Crippen molar-refractivity contribution in [2.75, 3.05) is 0 Å². The third kappa shape index (κ3) is 3.20. The molecule has 3 nitrogen and oxygen atoms in total. The van der Waals surface area contributed by atoms with Crippen molar-refractivity contribution < 1.29 is 0 Å². The van der Waals surface area contributed by atoms with E-state index in [1.54, 1.807) is 0 Å². The highest BCUT2D eigenvalue weighted by Crippen LogP contribution is 2.32. The van der Waals surface area contributed by atoms with Crippen molar-refractivity contribution in [3.63, 3.8) is 0 Å². The van der Waals surface area contributed by atoms with Gasteiger partial charge in [-0.15, -0.1) is 0 Å². The Labute approximate surface area is 194 Å². The van der Waals surface area contributed by atoms with Crippen molar-refractivity contribution in [1.82, 2.24) is 14.5 Å². The van der Waals surface area contributed by atoms with Crippen LogP contribution in [0, 0.1) is 0 Å². The molecule has 0 atom stereocenters. The summed E-state index contributed by atoms with van der Waals surface area (Å²) in [7, 11) is 0. The van der Waals surface area contributed by atoms with Gasteiger partial charge in [-0.1, -0.05) is 94.8 Å². The molecule has 6 aromatic rings. The number of hydrogen-bond donors (Lipinski definition) is 0. The molecule has 2 aromatic heterocycles. The molecule has 0 aliphatic carbocycles. The molecule has 32 heavy (non-hydrogen) atoms. The summed E-state index contributed by atoms with van der Waals surface area (Å²) in [6.45, 7) is 0. The summed E-state index contributed by atoms with van der Waals surface area (Å²) in [5.74, 6) is 0.668. The molecule has 0 fully saturated rings. The fraction of sp³-hybridized carbons (Fsp3) is 0. The van der Waals surface area contributed by atoms with E-state index in [0.717, 1.165) is 38.0 Å². The van der Waals surface area contributed by atoms with Crippen LogP contribution < -0.4 is 0 Å². The van der Waals surface area contributed by atoms with Crippen LogP contribution >= 0.6 is 15.9 Å². The SMILES string of the molecule is Brc1ccc(-c2cc(-c3ccccc3)nc(-n3c4ccccc4c4ccccc43)n2)cc1. The number of aromatic nitrogens is 3. The van der Waals surface area contributed by atoms with Crippen LogP contribution in [0.5, 0.6) is 0 Å². The predicted octanol–water partition coefficient (Wildman–Crippen LogP) is 7.67. The topological polar surface area (TPSA) is 30.7 Å². The fourth-order valence-corrected chi connectivity index (χ4v) is 4.46. The van der Waals surface area contributed by atoms with Gasteiger partial charge >= 0.3 is 0 Å². The van der Waals surface area contributed by atoms with Gasteiger partial charge in [-0.2, -0.15) is 0 Å². The molecule has 4 aromatic carbocycles. The van der Waals surface area contributed by atoms with Gasteiger partial charge in [-0.05, 0) is 30.3 Å². The molecule has 4 heteroatoms. The zero-order chi connectivity index (χ0) is 21.5. The fourth-order valence-electron chi connectivity index (χ4n) is 4.20. The van der Waals surface area contributed by atoms with E-state index in [1.165, 1.54) is 10.8 Å². The molecule has 2 heterocycles. The second-order valence-corrected chi connectivity index (χ2v) is 8.60. The highest BCUT2D eigenvalue weighted by atomic mass is 79.9. The smallest absolute Gasteiger partial charge is 0.235 e. The number of hydrogen-bond acceptors (Lipinski definition) is 2. The van der Waals surface area contributed by atoms with Crippen molar-refractivity contribution in [3.8, 4) is 28.5 Å². The molecule has 152 valence electrons. The number of benzene rings is 4. The first-order chi connectivity index (χ1) is 15.8. The molecule has 0 amide bonds. The van der Waals surface area contributed by atoms with Crippen molar-refractivity contribution in [2.45, 2.75) is 0 Å². The van der Waals surface area contributed by atoms with E-state index in [4.69, 9.17) is 9.97 Å². The van der Waals surface area contributed by atoms with E-state index in [0.29, 0.717) is 5.95 Å². The Balaban J connectivity index is 1.68. The Kier molecular flexibility index (Phi) is 4.58. The summed E-state index contributed by atoms with van der Waals surface area (Å²) in [5, 5.41) is 2.39. The van der Waals surface area contributed by atoms with E-state index >= 15 is 0 Å². The zero-order valence-electron chi connectivity index (χ0n) is 17.1. The van der Waals surface area contributed by atoms with Crippen LogP contribution in [0.25, 0.3) is 50.3 Å². The van der Waals surface area contributed by atoms with Crippen LogP contribution in [0.4, 0.5) is 0 Å². The number of halogens is 1. The molecule has 6 rings (SSSR count). The summed E-state index contributed by atoms with van der Waals surface area (Å²) in [4.78, 5) is 10.1. The first-order valence-electron chi connectivity index (χ1n) is 10.5. The number of para-hydroxylation sites is 2. The summed E-state index contributed by atoms with van der Waals surface area (Å²) >= 11 is 3.53. The summed E-state index contributed by atoms with van der Waals surface area (Å²) in [6.07, 6.45) is 0. The molecule has 0 unspecified atom stereocenters. The van der Waals surface area contributed by atoms with Gasteiger partial charge in [0, 0.05) is 26.4 Å². The summed E-state index contributed by atoms with van der Waals surface area (Å²) < 4.78 is 3.21. The zero-order valence-corrected chi connectivity index (χ0v) is 18.7. The van der Waals surface area contributed by atoms with Gasteiger partial charge < -0.3 is 0 Å². The molecule has 0 saturated heterocycles. The molecule has 0 N–H and O–H groups in total. The van der Waals surface area contributed by atoms with Gasteiger partial charge in [0.1, 0.15) is 0 Å². The van der Waals surface area contributed by atoms with E-state index in [2.05, 4.69) is 99.4 Å². The van der Waals surface area contributed by atoms with Gasteiger partial charge in [0.05, 0.1) is 22.4 Å². The highest BCUT2D eigenvalue weighted by Gasteiger charge is 2.16. The number of fused-ring (bicyclic) bond motifs is 3. The Morgan fingerprint density at radius 3 is 1.62 bits per heavy atom. The maximum atomic E-state index is 5.04. The first-order valence-corrected chi connectivity index (χ1v) is 11.3. The molecule has 0 spiro atoms. The van der Waals surface area contributed by atoms with Crippen LogP contribution in [0.1, 0.15) is 0 Å². The molecular formula is C28H18BrN3. The lowest BCUT2D eigenvalue weighted by molar-refractivity contribution is 0.995. The molecule has 0 aliphatic heterocycles. The average Bonchev–Trinajstić information content (AvgIpc) is 3.19. The maximum absolute atomic E-state index is 5.04. The normalized spacial score (nSPS) is 11.3. The van der Waals surface area contributed by atoms with E-state index in [-0.39, 0.29) is 0 Å². The van der Waals surface area contributed by atoms with Crippen LogP contribution in [0.2, 0.25) is 0 Å². The highest BCUT2D eigenvalue weighted by molar-refractivity contribution is 9.10. The summed E-state index contributed by atoms with van der Waals surface area (Å²) in [6, 6.07) is 37.4. The molecular weight excluding hydrogens is 458 g/mol. The van der Waals surface area contributed by atoms with Crippen LogP contribution in [-0.2, 0) is 0 Å². The summed E-state index contributed by atoms with van der Waals surface area (Å²) in [5.41, 5.74) is 6.10. The minimum absolute atomic E-state index is 0.668. The van der Waals surface area contributed by atoms with Gasteiger partial charge in [0.15, 0.2) is 0 Å². The molecule has 0 radical (unpaired) electrons. The van der Waals surface area contributed by atoms with E-state index in [9.17, 15) is 0 Å². The Hall–Kier alpha value is -3.76. The van der Waals surface area contributed by atoms with Crippen LogP contribution in [0.3, 0.4) is 0 Å². The van der Waals surface area contributed by atoms with Crippen molar-refractivity contribution in [2.24, 2.45) is 0 Å². The van der Waals surface area contributed by atoms with Gasteiger partial charge in [0.2, 0.25) is 5.95 Å². The molecule has 0 saturated carbocycles. The monoisotopic (exact) mass is 475 g/mol. The van der Waals surface area contributed by atoms with Crippen molar-refractivity contribution in [3.05, 3.63) is 114 Å². The van der Waals surface area contributed by atoms with Gasteiger partial charge in [-0.25, -0.2) is 9.97 Å². The number of rotatable bonds is 3. The quantitative estimate of drug-likeness (QED) is 0.262. The predicted molar refractivity (Wildman–Crippen MR) is 135 cm³/mol. The Bertz CT molecular complexity index is 1510. The van der Waals surface area contributed by atoms with E-state index < -0.39 is 0 Å². The second kappa shape index (κ2) is 7.74. The van der Waals surface area contributed by atoms with Crippen molar-refractivity contribution in [1.29, 1.82) is 0 Å². The van der Waals surface area contributed by atoms with E-state index in [1.807, 2.05) is 30.3 Å². The third-order valence-electron chi connectivity index (χ3n) is 5.70. The first kappa shape index (κ1) is 19.0.